The van der Waals surface area contributed by atoms with Gasteiger partial charge >= 0.3 is 12.0 Å². The monoisotopic (exact) mass is 335 g/mol. The number of amides is 2. The third-order valence-electron chi connectivity index (χ3n) is 3.94. The van der Waals surface area contributed by atoms with E-state index in [0.717, 1.165) is 24.1 Å². The van der Waals surface area contributed by atoms with Gasteiger partial charge in [0, 0.05) is 32.1 Å². The van der Waals surface area contributed by atoms with Gasteiger partial charge in [-0.05, 0) is 38.7 Å². The number of carbonyl (C=O) groups excluding carboxylic acids is 1. The quantitative estimate of drug-likeness (QED) is 0.774. The van der Waals surface area contributed by atoms with Gasteiger partial charge in [0.05, 0.1) is 6.20 Å². The predicted molar refractivity (Wildman–Crippen MR) is 89.5 cm³/mol. The maximum atomic E-state index is 12.1. The Bertz CT molecular complexity index is 609. The Morgan fingerprint density at radius 2 is 2.17 bits per heavy atom. The van der Waals surface area contributed by atoms with Crippen molar-refractivity contribution in [3.8, 4) is 0 Å². The minimum absolute atomic E-state index is 0.0670. The van der Waals surface area contributed by atoms with E-state index >= 15 is 0 Å². The molecular formula is C16H25N5O3. The molecule has 0 saturated heterocycles. The summed E-state index contributed by atoms with van der Waals surface area (Å²) in [5.41, 5.74) is 1.98. The second-order valence-electron chi connectivity index (χ2n) is 6.16. The van der Waals surface area contributed by atoms with E-state index in [-0.39, 0.29) is 18.5 Å². The van der Waals surface area contributed by atoms with Crippen molar-refractivity contribution in [2.24, 2.45) is 0 Å². The number of aliphatic carboxylic acids is 1. The van der Waals surface area contributed by atoms with Crippen LogP contribution in [0.5, 0.6) is 0 Å². The lowest BCUT2D eigenvalue weighted by Gasteiger charge is -2.20. The summed E-state index contributed by atoms with van der Waals surface area (Å²) in [7, 11) is 0. The molecule has 0 spiro atoms. The summed E-state index contributed by atoms with van der Waals surface area (Å²) in [6.07, 6.45) is 6.07. The number of aromatic nitrogens is 3. The molecule has 2 N–H and O–H groups in total. The minimum Gasteiger partial charge on any atom is -0.481 e. The molecule has 1 aromatic heterocycles. The van der Waals surface area contributed by atoms with Gasteiger partial charge in [0.1, 0.15) is 5.69 Å². The van der Waals surface area contributed by atoms with E-state index in [1.807, 2.05) is 10.9 Å². The van der Waals surface area contributed by atoms with Crippen molar-refractivity contribution in [3.05, 3.63) is 18.0 Å². The highest BCUT2D eigenvalue weighted by molar-refractivity contribution is 5.75. The van der Waals surface area contributed by atoms with Gasteiger partial charge in [-0.2, -0.15) is 0 Å². The number of carboxylic acid groups (broad SMARTS) is 1. The second-order valence-corrected chi connectivity index (χ2v) is 6.16. The van der Waals surface area contributed by atoms with Crippen LogP contribution >= 0.6 is 0 Å². The van der Waals surface area contributed by atoms with Crippen LogP contribution in [-0.2, 0) is 4.79 Å². The second kappa shape index (κ2) is 8.47. The largest absolute Gasteiger partial charge is 0.481 e. The molecule has 1 aliphatic rings. The molecule has 0 aliphatic carbocycles. The van der Waals surface area contributed by atoms with Crippen molar-refractivity contribution in [1.82, 2.24) is 25.2 Å². The normalized spacial score (nSPS) is 15.1. The van der Waals surface area contributed by atoms with E-state index < -0.39 is 5.97 Å². The van der Waals surface area contributed by atoms with Gasteiger partial charge < -0.3 is 15.3 Å². The van der Waals surface area contributed by atoms with Crippen molar-refractivity contribution < 1.29 is 14.7 Å². The number of nitrogens with zero attached hydrogens (tertiary/aromatic N) is 4. The molecule has 2 heterocycles. The lowest BCUT2D eigenvalue weighted by atomic mass is 10.1. The highest BCUT2D eigenvalue weighted by atomic mass is 16.4. The van der Waals surface area contributed by atoms with Crippen molar-refractivity contribution in [1.29, 1.82) is 0 Å². The van der Waals surface area contributed by atoms with Gasteiger partial charge in [-0.3, -0.25) is 4.79 Å². The lowest BCUT2D eigenvalue weighted by molar-refractivity contribution is -0.137. The Morgan fingerprint density at radius 1 is 1.38 bits per heavy atom. The van der Waals surface area contributed by atoms with Gasteiger partial charge in [0.2, 0.25) is 0 Å². The van der Waals surface area contributed by atoms with E-state index in [4.69, 9.17) is 5.11 Å². The molecule has 0 saturated carbocycles. The predicted octanol–water partition coefficient (Wildman–Crippen LogP) is 1.91. The zero-order valence-corrected chi connectivity index (χ0v) is 14.2. The van der Waals surface area contributed by atoms with Crippen LogP contribution in [0.2, 0.25) is 0 Å². The van der Waals surface area contributed by atoms with Crippen LogP contribution in [0, 0.1) is 0 Å². The lowest BCUT2D eigenvalue weighted by Crippen LogP contribution is -2.41. The van der Waals surface area contributed by atoms with Gasteiger partial charge in [0.25, 0.3) is 0 Å². The third kappa shape index (κ3) is 5.07. The van der Waals surface area contributed by atoms with Crippen LogP contribution in [-0.4, -0.2) is 56.6 Å². The molecule has 8 nitrogen and oxygen atoms in total. The molecule has 1 aliphatic heterocycles. The van der Waals surface area contributed by atoms with Crippen LogP contribution in [0.4, 0.5) is 4.79 Å². The molecule has 0 aromatic carbocycles. The van der Waals surface area contributed by atoms with E-state index in [1.54, 1.807) is 4.90 Å². The van der Waals surface area contributed by atoms with E-state index in [0.29, 0.717) is 26.1 Å². The van der Waals surface area contributed by atoms with Gasteiger partial charge in [-0.1, -0.05) is 11.3 Å². The topological polar surface area (TPSA) is 100 Å². The highest BCUT2D eigenvalue weighted by Gasteiger charge is 2.18. The zero-order valence-electron chi connectivity index (χ0n) is 14.2. The standard InChI is InChI=1S/C16H25N5O3/c1-12(2)21-11-14(18-19-21)13-5-4-9-20(10-7-13)16(24)17-8-3-6-15(22)23/h5,11-12H,3-4,6-10H2,1-2H3,(H,17,24)(H,22,23). The molecule has 0 bridgehead atoms. The first kappa shape index (κ1) is 18.0. The molecule has 132 valence electrons. The molecule has 0 radical (unpaired) electrons. The highest BCUT2D eigenvalue weighted by Crippen LogP contribution is 2.21. The van der Waals surface area contributed by atoms with Crippen molar-refractivity contribution in [3.63, 3.8) is 0 Å². The Morgan fingerprint density at radius 3 is 2.83 bits per heavy atom. The van der Waals surface area contributed by atoms with Crippen molar-refractivity contribution in [2.45, 2.75) is 45.6 Å². The zero-order chi connectivity index (χ0) is 17.5. The number of urea groups is 1. The molecule has 2 amide bonds. The molecule has 1 aromatic rings. The number of nitrogens with one attached hydrogen (secondary N) is 1. The smallest absolute Gasteiger partial charge is 0.317 e. The van der Waals surface area contributed by atoms with Gasteiger partial charge in [0.15, 0.2) is 0 Å². The summed E-state index contributed by atoms with van der Waals surface area (Å²) in [6, 6.07) is 0.131. The average molecular weight is 335 g/mol. The Kier molecular flexibility index (Phi) is 6.34. The minimum atomic E-state index is -0.845. The third-order valence-corrected chi connectivity index (χ3v) is 3.94. The molecular weight excluding hydrogens is 310 g/mol. The summed E-state index contributed by atoms with van der Waals surface area (Å²) >= 11 is 0. The Balaban J connectivity index is 1.83. The van der Waals surface area contributed by atoms with Crippen LogP contribution in [0.15, 0.2) is 12.3 Å². The first-order valence-corrected chi connectivity index (χ1v) is 8.33. The molecule has 2 rings (SSSR count). The summed E-state index contributed by atoms with van der Waals surface area (Å²) in [5, 5.41) is 19.7. The maximum Gasteiger partial charge on any atom is 0.317 e. The molecule has 0 atom stereocenters. The summed E-state index contributed by atoms with van der Waals surface area (Å²) in [6.45, 7) is 5.75. The maximum absolute atomic E-state index is 12.1. The molecule has 0 unspecified atom stereocenters. The van der Waals surface area contributed by atoms with Gasteiger partial charge in [-0.25, -0.2) is 9.48 Å². The molecule has 24 heavy (non-hydrogen) atoms. The fraction of sp³-hybridized carbons (Fsp3) is 0.625. The Labute approximate surface area is 141 Å². The van der Waals surface area contributed by atoms with Crippen LogP contribution in [0.1, 0.15) is 51.3 Å². The fourth-order valence-corrected chi connectivity index (χ4v) is 2.52. The van der Waals surface area contributed by atoms with Crippen molar-refractivity contribution >= 4 is 17.6 Å². The number of carbonyl (C=O) groups is 2. The Hall–Kier alpha value is -2.38. The number of rotatable bonds is 6. The number of carboxylic acids is 1. The van der Waals surface area contributed by atoms with Crippen LogP contribution < -0.4 is 5.32 Å². The van der Waals surface area contributed by atoms with Crippen LogP contribution in [0.25, 0.3) is 5.57 Å². The number of hydrogen-bond acceptors (Lipinski definition) is 4. The first-order chi connectivity index (χ1) is 11.5. The first-order valence-electron chi connectivity index (χ1n) is 8.33. The molecule has 8 heteroatoms. The van der Waals surface area contributed by atoms with E-state index in [9.17, 15) is 9.59 Å². The van der Waals surface area contributed by atoms with E-state index in [2.05, 4.69) is 35.6 Å². The summed E-state index contributed by atoms with van der Waals surface area (Å²) < 4.78 is 1.83. The van der Waals surface area contributed by atoms with E-state index in [1.165, 1.54) is 0 Å². The van der Waals surface area contributed by atoms with Gasteiger partial charge in [-0.15, -0.1) is 5.10 Å². The number of hydrogen-bond donors (Lipinski definition) is 2. The average Bonchev–Trinajstić information content (AvgIpc) is 2.90. The summed E-state index contributed by atoms with van der Waals surface area (Å²) in [5.74, 6) is -0.845. The van der Waals surface area contributed by atoms with Crippen LogP contribution in [0.3, 0.4) is 0 Å². The SMILES string of the molecule is CC(C)n1cc(C2=CCCN(C(=O)NCCCC(=O)O)CC2)nn1. The fourth-order valence-electron chi connectivity index (χ4n) is 2.52. The molecule has 0 fully saturated rings. The summed E-state index contributed by atoms with van der Waals surface area (Å²) in [4.78, 5) is 24.4. The van der Waals surface area contributed by atoms with Crippen molar-refractivity contribution in [2.75, 3.05) is 19.6 Å².